The van der Waals surface area contributed by atoms with Gasteiger partial charge in [-0.2, -0.15) is 0 Å². The van der Waals surface area contributed by atoms with Crippen molar-refractivity contribution in [2.45, 2.75) is 38.6 Å². The Bertz CT molecular complexity index is 540. The first-order valence-corrected chi connectivity index (χ1v) is 7.65. The van der Waals surface area contributed by atoms with E-state index in [2.05, 4.69) is 28.8 Å². The number of aromatic nitrogens is 3. The third-order valence-corrected chi connectivity index (χ3v) is 4.63. The van der Waals surface area contributed by atoms with Crippen LogP contribution in [0, 0.1) is 0 Å². The summed E-state index contributed by atoms with van der Waals surface area (Å²) in [6.07, 6.45) is 5.00. The molecule has 0 N–H and O–H groups in total. The van der Waals surface area contributed by atoms with Crippen LogP contribution in [0.15, 0.2) is 17.8 Å². The van der Waals surface area contributed by atoms with Gasteiger partial charge < -0.3 is 9.30 Å². The molecule has 0 radical (unpaired) electrons. The van der Waals surface area contributed by atoms with Crippen molar-refractivity contribution < 1.29 is 4.74 Å². The lowest BCUT2D eigenvalue weighted by Crippen LogP contribution is -2.10. The molecule has 0 unspecified atom stereocenters. The molecule has 0 spiro atoms. The molecule has 1 fully saturated rings. The van der Waals surface area contributed by atoms with E-state index in [0.29, 0.717) is 11.8 Å². The second-order valence-electron chi connectivity index (χ2n) is 5.31. The Hall–Kier alpha value is -1.20. The first-order chi connectivity index (χ1) is 9.24. The number of ether oxygens (including phenoxy) is 1. The van der Waals surface area contributed by atoms with Crippen LogP contribution >= 0.6 is 11.3 Å². The summed E-state index contributed by atoms with van der Waals surface area (Å²) in [6.45, 7) is 6.83. The molecule has 3 heterocycles. The van der Waals surface area contributed by atoms with Gasteiger partial charge in [-0.05, 0) is 6.42 Å². The average molecular weight is 277 g/mol. The smallest absolute Gasteiger partial charge is 0.114 e. The van der Waals surface area contributed by atoms with Gasteiger partial charge in [-0.3, -0.25) is 0 Å². The summed E-state index contributed by atoms with van der Waals surface area (Å²) in [5.74, 6) is 2.08. The topological polar surface area (TPSA) is 39.9 Å². The normalized spacial score (nSPS) is 19.4. The Labute approximate surface area is 117 Å². The zero-order valence-electron chi connectivity index (χ0n) is 11.4. The largest absolute Gasteiger partial charge is 0.381 e. The van der Waals surface area contributed by atoms with E-state index in [1.165, 1.54) is 5.01 Å². The van der Waals surface area contributed by atoms with Crippen molar-refractivity contribution in [3.05, 3.63) is 34.3 Å². The molecule has 2 aromatic rings. The Balaban J connectivity index is 1.77. The summed E-state index contributed by atoms with van der Waals surface area (Å²) in [5.41, 5.74) is 1.13. The molecule has 0 amide bonds. The number of thiazole rings is 1. The quantitative estimate of drug-likeness (QED) is 0.862. The molecular weight excluding hydrogens is 258 g/mol. The maximum absolute atomic E-state index is 5.45. The average Bonchev–Trinajstić information content (AvgIpc) is 3.09. The minimum Gasteiger partial charge on any atom is -0.381 e. The molecule has 4 nitrogen and oxygen atoms in total. The van der Waals surface area contributed by atoms with E-state index in [0.717, 1.165) is 37.7 Å². The Morgan fingerprint density at radius 1 is 1.53 bits per heavy atom. The standard InChI is InChI=1S/C14H19N3OS/c1-10(2)14-16-12(9-19-14)7-17-5-4-15-13(17)11-3-6-18-8-11/h4-5,9-11H,3,6-8H2,1-2H3/t11-/m0/s1. The zero-order valence-corrected chi connectivity index (χ0v) is 12.2. The van der Waals surface area contributed by atoms with Crippen LogP contribution < -0.4 is 0 Å². The number of imidazole rings is 1. The molecule has 0 aliphatic carbocycles. The molecule has 1 atom stereocenters. The molecule has 1 aliphatic rings. The maximum atomic E-state index is 5.45. The lowest BCUT2D eigenvalue weighted by atomic mass is 10.1. The fourth-order valence-electron chi connectivity index (χ4n) is 2.39. The van der Waals surface area contributed by atoms with Gasteiger partial charge in [-0.1, -0.05) is 13.8 Å². The van der Waals surface area contributed by atoms with Crippen LogP contribution in [0.4, 0.5) is 0 Å². The van der Waals surface area contributed by atoms with Gasteiger partial charge in [0.15, 0.2) is 0 Å². The molecule has 5 heteroatoms. The van der Waals surface area contributed by atoms with Gasteiger partial charge in [0.2, 0.25) is 0 Å². The van der Waals surface area contributed by atoms with Crippen LogP contribution in [0.5, 0.6) is 0 Å². The Morgan fingerprint density at radius 2 is 2.42 bits per heavy atom. The summed E-state index contributed by atoms with van der Waals surface area (Å²) < 4.78 is 7.66. The van der Waals surface area contributed by atoms with E-state index < -0.39 is 0 Å². The molecule has 1 aliphatic heterocycles. The van der Waals surface area contributed by atoms with Crippen LogP contribution in [-0.4, -0.2) is 27.7 Å². The highest BCUT2D eigenvalue weighted by Crippen LogP contribution is 2.25. The van der Waals surface area contributed by atoms with E-state index in [1.807, 2.05) is 12.4 Å². The molecule has 1 saturated heterocycles. The van der Waals surface area contributed by atoms with Gasteiger partial charge in [0, 0.05) is 36.2 Å². The molecular formula is C14H19N3OS. The zero-order chi connectivity index (χ0) is 13.2. The third kappa shape index (κ3) is 2.72. The maximum Gasteiger partial charge on any atom is 0.114 e. The first kappa shape index (κ1) is 12.8. The highest BCUT2D eigenvalue weighted by molar-refractivity contribution is 7.09. The summed E-state index contributed by atoms with van der Waals surface area (Å²) in [7, 11) is 0. The minimum atomic E-state index is 0.443. The summed E-state index contributed by atoms with van der Waals surface area (Å²) in [5, 5.41) is 3.37. The molecule has 2 aromatic heterocycles. The number of rotatable bonds is 4. The van der Waals surface area contributed by atoms with Crippen LogP contribution in [0.2, 0.25) is 0 Å². The molecule has 102 valence electrons. The van der Waals surface area contributed by atoms with Crippen LogP contribution in [0.3, 0.4) is 0 Å². The highest BCUT2D eigenvalue weighted by Gasteiger charge is 2.22. The second-order valence-corrected chi connectivity index (χ2v) is 6.20. The van der Waals surface area contributed by atoms with Crippen molar-refractivity contribution in [3.8, 4) is 0 Å². The van der Waals surface area contributed by atoms with E-state index >= 15 is 0 Å². The third-order valence-electron chi connectivity index (χ3n) is 3.44. The Morgan fingerprint density at radius 3 is 3.11 bits per heavy atom. The summed E-state index contributed by atoms with van der Waals surface area (Å²) in [6, 6.07) is 0. The number of nitrogens with zero attached hydrogens (tertiary/aromatic N) is 3. The van der Waals surface area contributed by atoms with Crippen molar-refractivity contribution in [2.24, 2.45) is 0 Å². The van der Waals surface area contributed by atoms with E-state index in [1.54, 1.807) is 11.3 Å². The summed E-state index contributed by atoms with van der Waals surface area (Å²) >= 11 is 1.75. The van der Waals surface area contributed by atoms with Crippen molar-refractivity contribution >= 4 is 11.3 Å². The van der Waals surface area contributed by atoms with Gasteiger partial charge in [0.1, 0.15) is 5.82 Å². The van der Waals surface area contributed by atoms with Gasteiger partial charge in [0.25, 0.3) is 0 Å². The lowest BCUT2D eigenvalue weighted by Gasteiger charge is -2.10. The molecule has 0 saturated carbocycles. The van der Waals surface area contributed by atoms with Gasteiger partial charge in [0.05, 0.1) is 23.9 Å². The highest BCUT2D eigenvalue weighted by atomic mass is 32.1. The van der Waals surface area contributed by atoms with Gasteiger partial charge in [-0.15, -0.1) is 11.3 Å². The molecule has 0 bridgehead atoms. The van der Waals surface area contributed by atoms with Crippen LogP contribution in [0.25, 0.3) is 0 Å². The molecule has 19 heavy (non-hydrogen) atoms. The first-order valence-electron chi connectivity index (χ1n) is 6.77. The molecule has 0 aromatic carbocycles. The Kier molecular flexibility index (Phi) is 3.66. The van der Waals surface area contributed by atoms with Crippen molar-refractivity contribution in [2.75, 3.05) is 13.2 Å². The van der Waals surface area contributed by atoms with Crippen molar-refractivity contribution in [1.29, 1.82) is 0 Å². The SMILES string of the molecule is CC(C)c1nc(Cn2ccnc2[C@H]2CCOC2)cs1. The van der Waals surface area contributed by atoms with Crippen molar-refractivity contribution in [3.63, 3.8) is 0 Å². The lowest BCUT2D eigenvalue weighted by molar-refractivity contribution is 0.192. The van der Waals surface area contributed by atoms with Crippen molar-refractivity contribution in [1.82, 2.24) is 14.5 Å². The van der Waals surface area contributed by atoms with Crippen LogP contribution in [-0.2, 0) is 11.3 Å². The van der Waals surface area contributed by atoms with Gasteiger partial charge >= 0.3 is 0 Å². The van der Waals surface area contributed by atoms with Crippen LogP contribution in [0.1, 0.15) is 48.6 Å². The van der Waals surface area contributed by atoms with E-state index in [-0.39, 0.29) is 0 Å². The minimum absolute atomic E-state index is 0.443. The van der Waals surface area contributed by atoms with E-state index in [4.69, 9.17) is 9.72 Å². The predicted octanol–water partition coefficient (Wildman–Crippen LogP) is 3.02. The fraction of sp³-hybridized carbons (Fsp3) is 0.571. The fourth-order valence-corrected chi connectivity index (χ4v) is 3.21. The monoisotopic (exact) mass is 277 g/mol. The number of hydrogen-bond acceptors (Lipinski definition) is 4. The van der Waals surface area contributed by atoms with Gasteiger partial charge in [-0.25, -0.2) is 9.97 Å². The molecule has 3 rings (SSSR count). The summed E-state index contributed by atoms with van der Waals surface area (Å²) in [4.78, 5) is 9.19. The van der Waals surface area contributed by atoms with E-state index in [9.17, 15) is 0 Å². The second kappa shape index (κ2) is 5.43. The number of hydrogen-bond donors (Lipinski definition) is 0. The predicted molar refractivity (Wildman–Crippen MR) is 75.7 cm³/mol.